The summed E-state index contributed by atoms with van der Waals surface area (Å²) in [6, 6.07) is 3.68. The molecule has 0 saturated carbocycles. The number of amides is 1. The van der Waals surface area contributed by atoms with Crippen molar-refractivity contribution in [2.75, 3.05) is 13.1 Å². The SMILES string of the molecule is N#CCCN(CCC#N)C(=O)O. The quantitative estimate of drug-likeness (QED) is 0.670. The molecule has 0 fully saturated rings. The third-order valence-corrected chi connectivity index (χ3v) is 1.26. The first-order chi connectivity index (χ1) is 5.72. The van der Waals surface area contributed by atoms with Gasteiger partial charge < -0.3 is 10.0 Å². The standard InChI is InChI=1S/C7H9N3O2/c8-3-1-5-10(7(11)12)6-2-4-9/h1-2,5-6H2,(H,11,12). The highest BCUT2D eigenvalue weighted by Gasteiger charge is 2.09. The van der Waals surface area contributed by atoms with Crippen LogP contribution in [0.15, 0.2) is 0 Å². The lowest BCUT2D eigenvalue weighted by molar-refractivity contribution is 0.147. The molecule has 0 aliphatic rings. The molecule has 64 valence electrons. The minimum Gasteiger partial charge on any atom is -0.465 e. The van der Waals surface area contributed by atoms with Crippen molar-refractivity contribution in [1.82, 2.24) is 4.90 Å². The number of hydrogen-bond donors (Lipinski definition) is 1. The molecule has 12 heavy (non-hydrogen) atoms. The van der Waals surface area contributed by atoms with Gasteiger partial charge in [0.1, 0.15) is 0 Å². The highest BCUT2D eigenvalue weighted by molar-refractivity contribution is 5.64. The van der Waals surface area contributed by atoms with Crippen LogP contribution in [0.4, 0.5) is 4.79 Å². The van der Waals surface area contributed by atoms with E-state index in [0.717, 1.165) is 4.90 Å². The Bertz CT molecular complexity index is 208. The summed E-state index contributed by atoms with van der Waals surface area (Å²) in [6.07, 6.45) is -0.754. The lowest BCUT2D eigenvalue weighted by Crippen LogP contribution is -2.31. The van der Waals surface area contributed by atoms with Gasteiger partial charge in [0.2, 0.25) is 0 Å². The summed E-state index contributed by atoms with van der Waals surface area (Å²) in [4.78, 5) is 11.5. The van der Waals surface area contributed by atoms with Gasteiger partial charge in [-0.15, -0.1) is 0 Å². The number of nitriles is 2. The Balaban J connectivity index is 3.82. The smallest absolute Gasteiger partial charge is 0.407 e. The van der Waals surface area contributed by atoms with E-state index in [1.165, 1.54) is 0 Å². The fraction of sp³-hybridized carbons (Fsp3) is 0.571. The third kappa shape index (κ3) is 4.13. The molecule has 0 aromatic rings. The molecule has 0 aromatic heterocycles. The molecular weight excluding hydrogens is 158 g/mol. The number of rotatable bonds is 4. The summed E-state index contributed by atoms with van der Waals surface area (Å²) in [7, 11) is 0. The van der Waals surface area contributed by atoms with E-state index in [9.17, 15) is 4.79 Å². The van der Waals surface area contributed by atoms with Gasteiger partial charge in [0.05, 0.1) is 25.0 Å². The van der Waals surface area contributed by atoms with E-state index in [-0.39, 0.29) is 25.9 Å². The fourth-order valence-electron chi connectivity index (χ4n) is 0.673. The second-order valence-corrected chi connectivity index (χ2v) is 2.09. The van der Waals surface area contributed by atoms with Crippen LogP contribution in [0.2, 0.25) is 0 Å². The summed E-state index contributed by atoms with van der Waals surface area (Å²) in [5, 5.41) is 24.9. The first-order valence-electron chi connectivity index (χ1n) is 3.44. The lowest BCUT2D eigenvalue weighted by Gasteiger charge is -2.15. The summed E-state index contributed by atoms with van der Waals surface area (Å²) in [5.41, 5.74) is 0. The molecule has 5 heteroatoms. The molecule has 0 aliphatic heterocycles. The van der Waals surface area contributed by atoms with Gasteiger partial charge >= 0.3 is 6.09 Å². The average molecular weight is 167 g/mol. The van der Waals surface area contributed by atoms with E-state index in [0.29, 0.717) is 0 Å². The zero-order valence-corrected chi connectivity index (χ0v) is 6.53. The topological polar surface area (TPSA) is 88.1 Å². The van der Waals surface area contributed by atoms with Gasteiger partial charge in [-0.05, 0) is 0 Å². The van der Waals surface area contributed by atoms with Crippen LogP contribution in [0.5, 0.6) is 0 Å². The molecule has 1 amide bonds. The number of nitrogens with zero attached hydrogens (tertiary/aromatic N) is 3. The van der Waals surface area contributed by atoms with E-state index >= 15 is 0 Å². The maximum Gasteiger partial charge on any atom is 0.407 e. The maximum atomic E-state index is 10.4. The maximum absolute atomic E-state index is 10.4. The van der Waals surface area contributed by atoms with Crippen molar-refractivity contribution in [3.8, 4) is 12.1 Å². The molecule has 0 unspecified atom stereocenters. The Morgan fingerprint density at radius 2 is 1.67 bits per heavy atom. The molecule has 0 aliphatic carbocycles. The molecule has 0 heterocycles. The molecule has 0 aromatic carbocycles. The number of carbonyl (C=O) groups is 1. The van der Waals surface area contributed by atoms with Crippen molar-refractivity contribution < 1.29 is 9.90 Å². The van der Waals surface area contributed by atoms with Gasteiger partial charge in [0, 0.05) is 13.1 Å². The molecule has 0 atom stereocenters. The minimum atomic E-state index is -1.08. The molecule has 0 saturated heterocycles. The Labute approximate surface area is 70.4 Å². The zero-order chi connectivity index (χ0) is 9.40. The van der Waals surface area contributed by atoms with Crippen molar-refractivity contribution >= 4 is 6.09 Å². The van der Waals surface area contributed by atoms with Crippen LogP contribution in [0.3, 0.4) is 0 Å². The van der Waals surface area contributed by atoms with Gasteiger partial charge in [-0.3, -0.25) is 0 Å². The van der Waals surface area contributed by atoms with Crippen molar-refractivity contribution in [3.05, 3.63) is 0 Å². The van der Waals surface area contributed by atoms with Crippen LogP contribution in [-0.2, 0) is 0 Å². The van der Waals surface area contributed by atoms with Gasteiger partial charge in [-0.25, -0.2) is 4.79 Å². The monoisotopic (exact) mass is 167 g/mol. The first-order valence-corrected chi connectivity index (χ1v) is 3.44. The van der Waals surface area contributed by atoms with Crippen LogP contribution < -0.4 is 0 Å². The Morgan fingerprint density at radius 1 is 1.25 bits per heavy atom. The number of hydrogen-bond acceptors (Lipinski definition) is 3. The molecule has 0 spiro atoms. The first kappa shape index (κ1) is 10.2. The predicted octanol–water partition coefficient (Wildman–Crippen LogP) is 0.794. The van der Waals surface area contributed by atoms with Crippen molar-refractivity contribution in [2.45, 2.75) is 12.8 Å². The van der Waals surface area contributed by atoms with E-state index in [1.54, 1.807) is 0 Å². The summed E-state index contributed by atoms with van der Waals surface area (Å²) in [6.45, 7) is 0.348. The lowest BCUT2D eigenvalue weighted by atomic mass is 10.4. The van der Waals surface area contributed by atoms with Crippen LogP contribution in [-0.4, -0.2) is 29.2 Å². The van der Waals surface area contributed by atoms with Crippen molar-refractivity contribution in [1.29, 1.82) is 10.5 Å². The van der Waals surface area contributed by atoms with Gasteiger partial charge in [-0.2, -0.15) is 10.5 Å². The number of carboxylic acid groups (broad SMARTS) is 1. The fourth-order valence-corrected chi connectivity index (χ4v) is 0.673. The van der Waals surface area contributed by atoms with Gasteiger partial charge in [0.15, 0.2) is 0 Å². The Kier molecular flexibility index (Phi) is 5.12. The molecule has 0 rings (SSSR count). The largest absolute Gasteiger partial charge is 0.465 e. The molecule has 0 radical (unpaired) electrons. The zero-order valence-electron chi connectivity index (χ0n) is 6.53. The van der Waals surface area contributed by atoms with Crippen LogP contribution in [0, 0.1) is 22.7 Å². The van der Waals surface area contributed by atoms with Crippen LogP contribution in [0.25, 0.3) is 0 Å². The van der Waals surface area contributed by atoms with Crippen molar-refractivity contribution in [2.24, 2.45) is 0 Å². The molecule has 5 nitrogen and oxygen atoms in total. The van der Waals surface area contributed by atoms with Gasteiger partial charge in [-0.1, -0.05) is 0 Å². The molecular formula is C7H9N3O2. The second-order valence-electron chi connectivity index (χ2n) is 2.09. The second kappa shape index (κ2) is 5.99. The van der Waals surface area contributed by atoms with E-state index in [1.807, 2.05) is 12.1 Å². The normalized spacial score (nSPS) is 8.17. The minimum absolute atomic E-state index is 0.164. The molecule has 1 N–H and O–H groups in total. The summed E-state index contributed by atoms with van der Waals surface area (Å²) in [5.74, 6) is 0. The Hall–Kier alpha value is -1.75. The highest BCUT2D eigenvalue weighted by atomic mass is 16.4. The van der Waals surface area contributed by atoms with Gasteiger partial charge in [0.25, 0.3) is 0 Å². The van der Waals surface area contributed by atoms with E-state index in [2.05, 4.69) is 0 Å². The van der Waals surface area contributed by atoms with Crippen molar-refractivity contribution in [3.63, 3.8) is 0 Å². The van der Waals surface area contributed by atoms with Crippen LogP contribution in [0.1, 0.15) is 12.8 Å². The summed E-state index contributed by atoms with van der Waals surface area (Å²) < 4.78 is 0. The Morgan fingerprint density at radius 3 is 1.92 bits per heavy atom. The predicted molar refractivity (Wildman–Crippen MR) is 40.1 cm³/mol. The third-order valence-electron chi connectivity index (χ3n) is 1.26. The van der Waals surface area contributed by atoms with Crippen LogP contribution >= 0.6 is 0 Å². The van der Waals surface area contributed by atoms with E-state index in [4.69, 9.17) is 15.6 Å². The van der Waals surface area contributed by atoms with E-state index < -0.39 is 6.09 Å². The molecule has 0 bridgehead atoms. The highest BCUT2D eigenvalue weighted by Crippen LogP contribution is 1.93. The average Bonchev–Trinajstić information content (AvgIpc) is 2.04. The summed E-state index contributed by atoms with van der Waals surface area (Å²) >= 11 is 0.